The van der Waals surface area contributed by atoms with E-state index in [0.717, 1.165) is 32.7 Å². The molecule has 1 atom stereocenters. The molecule has 0 aliphatic carbocycles. The van der Waals surface area contributed by atoms with Gasteiger partial charge in [0.25, 0.3) is 0 Å². The number of hydrogen-bond acceptors (Lipinski definition) is 3. The van der Waals surface area contributed by atoms with Crippen molar-refractivity contribution in [2.45, 2.75) is 25.7 Å². The molecule has 0 unspecified atom stereocenters. The van der Waals surface area contributed by atoms with E-state index in [1.165, 1.54) is 18.4 Å². The molecule has 108 valence electrons. The maximum atomic E-state index is 8.74. The van der Waals surface area contributed by atoms with Gasteiger partial charge < -0.3 is 4.90 Å². The average molecular weight is 271 g/mol. The third-order valence-corrected chi connectivity index (χ3v) is 4.15. The summed E-state index contributed by atoms with van der Waals surface area (Å²) in [6.07, 6.45) is 2.48. The highest BCUT2D eigenvalue weighted by Gasteiger charge is 2.20. The van der Waals surface area contributed by atoms with Crippen LogP contribution in [0.5, 0.6) is 0 Å². The molecule has 0 N–H and O–H groups in total. The predicted octanol–water partition coefficient (Wildman–Crippen LogP) is 2.71. The molecule has 0 amide bonds. The van der Waals surface area contributed by atoms with Gasteiger partial charge >= 0.3 is 0 Å². The summed E-state index contributed by atoms with van der Waals surface area (Å²) in [5, 5.41) is 8.74. The molecule has 0 bridgehead atoms. The van der Waals surface area contributed by atoms with Gasteiger partial charge in [-0.2, -0.15) is 5.26 Å². The van der Waals surface area contributed by atoms with Gasteiger partial charge in [0.05, 0.1) is 12.6 Å². The van der Waals surface area contributed by atoms with E-state index in [-0.39, 0.29) is 0 Å². The predicted molar refractivity (Wildman–Crippen MR) is 82.6 cm³/mol. The summed E-state index contributed by atoms with van der Waals surface area (Å²) in [7, 11) is 0. The van der Waals surface area contributed by atoms with Crippen LogP contribution in [-0.4, -0.2) is 49.1 Å². The molecule has 1 aliphatic rings. The van der Waals surface area contributed by atoms with Gasteiger partial charge in [0, 0.05) is 32.7 Å². The summed E-state index contributed by atoms with van der Waals surface area (Å²) in [4.78, 5) is 4.80. The highest BCUT2D eigenvalue weighted by Crippen LogP contribution is 2.22. The lowest BCUT2D eigenvalue weighted by Crippen LogP contribution is -2.47. The summed E-state index contributed by atoms with van der Waals surface area (Å²) in [5.74, 6) is 0.642. The first-order chi connectivity index (χ1) is 9.83. The van der Waals surface area contributed by atoms with Gasteiger partial charge in [0.1, 0.15) is 0 Å². The molecule has 1 aromatic rings. The Balaban J connectivity index is 1.88. The van der Waals surface area contributed by atoms with Crippen LogP contribution in [-0.2, 0) is 0 Å². The first kappa shape index (κ1) is 15.0. The third-order valence-electron chi connectivity index (χ3n) is 4.15. The number of rotatable bonds is 6. The molecule has 1 heterocycles. The van der Waals surface area contributed by atoms with Crippen molar-refractivity contribution in [3.05, 3.63) is 35.9 Å². The Morgan fingerprint density at radius 1 is 1.10 bits per heavy atom. The maximum absolute atomic E-state index is 8.74. The minimum atomic E-state index is 0.574. The highest BCUT2D eigenvalue weighted by molar-refractivity contribution is 5.19. The minimum Gasteiger partial charge on any atom is -0.300 e. The van der Waals surface area contributed by atoms with E-state index in [1.807, 2.05) is 0 Å². The lowest BCUT2D eigenvalue weighted by atomic mass is 9.94. The summed E-state index contributed by atoms with van der Waals surface area (Å²) >= 11 is 0. The van der Waals surface area contributed by atoms with Crippen LogP contribution in [0.1, 0.15) is 31.2 Å². The van der Waals surface area contributed by atoms with Gasteiger partial charge in [-0.05, 0) is 17.9 Å². The van der Waals surface area contributed by atoms with Crippen molar-refractivity contribution in [3.63, 3.8) is 0 Å². The van der Waals surface area contributed by atoms with Crippen LogP contribution in [0.25, 0.3) is 0 Å². The van der Waals surface area contributed by atoms with Gasteiger partial charge in [-0.3, -0.25) is 4.90 Å². The van der Waals surface area contributed by atoms with E-state index in [9.17, 15) is 0 Å². The molecular formula is C17H25N3. The Hall–Kier alpha value is -1.37. The number of nitriles is 1. The Kier molecular flexibility index (Phi) is 6.04. The van der Waals surface area contributed by atoms with Crippen LogP contribution in [0.15, 0.2) is 30.3 Å². The van der Waals surface area contributed by atoms with Crippen LogP contribution in [0.4, 0.5) is 0 Å². The van der Waals surface area contributed by atoms with E-state index < -0.39 is 0 Å². The second kappa shape index (κ2) is 8.04. The lowest BCUT2D eigenvalue weighted by Gasteiger charge is -2.35. The van der Waals surface area contributed by atoms with E-state index >= 15 is 0 Å². The fourth-order valence-corrected chi connectivity index (χ4v) is 2.98. The zero-order valence-corrected chi connectivity index (χ0v) is 12.5. The van der Waals surface area contributed by atoms with Gasteiger partial charge in [0.15, 0.2) is 0 Å². The second-order valence-corrected chi connectivity index (χ2v) is 5.63. The smallest absolute Gasteiger partial charge is 0.0866 e. The van der Waals surface area contributed by atoms with Crippen LogP contribution < -0.4 is 0 Å². The molecule has 3 nitrogen and oxygen atoms in total. The Morgan fingerprint density at radius 3 is 2.35 bits per heavy atom. The van der Waals surface area contributed by atoms with Gasteiger partial charge in [-0.15, -0.1) is 0 Å². The first-order valence-electron chi connectivity index (χ1n) is 7.70. The molecule has 1 saturated heterocycles. The quantitative estimate of drug-likeness (QED) is 0.745. The lowest BCUT2D eigenvalue weighted by molar-refractivity contribution is 0.136. The summed E-state index contributed by atoms with van der Waals surface area (Å²) in [5.41, 5.74) is 1.47. The molecule has 1 fully saturated rings. The van der Waals surface area contributed by atoms with Crippen LogP contribution in [0, 0.1) is 11.3 Å². The molecular weight excluding hydrogens is 246 g/mol. The van der Waals surface area contributed by atoms with Gasteiger partial charge in [0.2, 0.25) is 0 Å². The number of benzene rings is 1. The van der Waals surface area contributed by atoms with Crippen molar-refractivity contribution in [1.29, 1.82) is 5.26 Å². The summed E-state index contributed by atoms with van der Waals surface area (Å²) < 4.78 is 0. The van der Waals surface area contributed by atoms with Crippen LogP contribution in [0.2, 0.25) is 0 Å². The molecule has 1 aliphatic heterocycles. The van der Waals surface area contributed by atoms with E-state index in [0.29, 0.717) is 12.5 Å². The summed E-state index contributed by atoms with van der Waals surface area (Å²) in [6.45, 7) is 8.23. The SMILES string of the molecule is CCC[C@@H](CN1CCN(CC#N)CC1)c1ccccc1. The maximum Gasteiger partial charge on any atom is 0.0866 e. The largest absolute Gasteiger partial charge is 0.300 e. The third kappa shape index (κ3) is 4.33. The van der Waals surface area contributed by atoms with E-state index in [1.54, 1.807) is 0 Å². The molecule has 1 aromatic carbocycles. The highest BCUT2D eigenvalue weighted by atomic mass is 15.3. The second-order valence-electron chi connectivity index (χ2n) is 5.63. The normalized spacial score (nSPS) is 18.6. The molecule has 0 saturated carbocycles. The van der Waals surface area contributed by atoms with Crippen molar-refractivity contribution in [3.8, 4) is 6.07 Å². The molecule has 3 heteroatoms. The molecule has 0 spiro atoms. The molecule has 20 heavy (non-hydrogen) atoms. The van der Waals surface area contributed by atoms with Gasteiger partial charge in [-0.1, -0.05) is 43.7 Å². The Morgan fingerprint density at radius 2 is 1.75 bits per heavy atom. The van der Waals surface area contributed by atoms with E-state index in [2.05, 4.69) is 53.1 Å². The fourth-order valence-electron chi connectivity index (χ4n) is 2.98. The molecule has 0 aromatic heterocycles. The monoisotopic (exact) mass is 271 g/mol. The zero-order valence-electron chi connectivity index (χ0n) is 12.5. The number of hydrogen-bond donors (Lipinski definition) is 0. The topological polar surface area (TPSA) is 30.3 Å². The molecule has 0 radical (unpaired) electrons. The van der Waals surface area contributed by atoms with Crippen molar-refractivity contribution >= 4 is 0 Å². The Bertz CT molecular complexity index is 416. The van der Waals surface area contributed by atoms with Crippen molar-refractivity contribution in [2.24, 2.45) is 0 Å². The average Bonchev–Trinajstić information content (AvgIpc) is 2.50. The number of piperazine rings is 1. The number of nitrogens with zero attached hydrogens (tertiary/aromatic N) is 3. The van der Waals surface area contributed by atoms with Gasteiger partial charge in [-0.25, -0.2) is 0 Å². The fraction of sp³-hybridized carbons (Fsp3) is 0.588. The molecule has 2 rings (SSSR count). The first-order valence-corrected chi connectivity index (χ1v) is 7.70. The van der Waals surface area contributed by atoms with Crippen molar-refractivity contribution < 1.29 is 0 Å². The van der Waals surface area contributed by atoms with Crippen molar-refractivity contribution in [2.75, 3.05) is 39.3 Å². The standard InChI is InChI=1S/C17H25N3/c1-2-6-17(16-7-4-3-5-8-16)15-20-13-11-19(10-9-18)12-14-20/h3-5,7-8,17H,2,6,10-15H2,1H3/t17-/m0/s1. The van der Waals surface area contributed by atoms with E-state index in [4.69, 9.17) is 5.26 Å². The van der Waals surface area contributed by atoms with Crippen LogP contribution in [0.3, 0.4) is 0 Å². The van der Waals surface area contributed by atoms with Crippen LogP contribution >= 0.6 is 0 Å². The minimum absolute atomic E-state index is 0.574. The van der Waals surface area contributed by atoms with Crippen molar-refractivity contribution in [1.82, 2.24) is 9.80 Å². The summed E-state index contributed by atoms with van der Waals surface area (Å²) in [6, 6.07) is 13.1. The Labute approximate surface area is 122 Å². The zero-order chi connectivity index (χ0) is 14.2.